The van der Waals surface area contributed by atoms with Gasteiger partial charge in [0.15, 0.2) is 0 Å². The Morgan fingerprint density at radius 1 is 1.50 bits per heavy atom. The average Bonchev–Trinajstić information content (AvgIpc) is 2.55. The number of rotatable bonds is 0. The van der Waals surface area contributed by atoms with E-state index in [1.54, 1.807) is 0 Å². The topological polar surface area (TPSA) is 29.5 Å². The molecular weight excluding hydrogens is 246 g/mol. The lowest BCUT2D eigenvalue weighted by Crippen LogP contribution is -2.43. The van der Waals surface area contributed by atoms with Crippen LogP contribution in [0.4, 0.5) is 4.79 Å². The van der Waals surface area contributed by atoms with Crippen LogP contribution in [-0.4, -0.2) is 34.0 Å². The van der Waals surface area contributed by atoms with Crippen LogP contribution in [0.2, 0.25) is 0 Å². The van der Waals surface area contributed by atoms with E-state index in [-0.39, 0.29) is 11.7 Å². The minimum atomic E-state index is -0.383. The quantitative estimate of drug-likeness (QED) is 0.627. The zero-order valence-electron chi connectivity index (χ0n) is 8.79. The SMILES string of the molecule is CC(C)(C)OC(=O)N1C[C@H]2C[C@@H]1[C@@H]2Br. The van der Waals surface area contributed by atoms with E-state index in [0.717, 1.165) is 13.0 Å². The molecule has 2 aliphatic heterocycles. The molecule has 3 aliphatic rings. The van der Waals surface area contributed by atoms with Crippen molar-refractivity contribution in [3.8, 4) is 0 Å². The van der Waals surface area contributed by atoms with Crippen molar-refractivity contribution in [1.82, 2.24) is 4.90 Å². The van der Waals surface area contributed by atoms with E-state index in [4.69, 9.17) is 4.74 Å². The van der Waals surface area contributed by atoms with Gasteiger partial charge < -0.3 is 9.64 Å². The summed E-state index contributed by atoms with van der Waals surface area (Å²) in [6.07, 6.45) is 0.974. The largest absolute Gasteiger partial charge is 0.444 e. The molecule has 3 nitrogen and oxygen atoms in total. The van der Waals surface area contributed by atoms with E-state index in [1.165, 1.54) is 0 Å². The van der Waals surface area contributed by atoms with E-state index in [2.05, 4.69) is 15.9 Å². The lowest BCUT2D eigenvalue weighted by atomic mass is 9.86. The third-order valence-corrected chi connectivity index (χ3v) is 4.18. The molecule has 80 valence electrons. The summed E-state index contributed by atoms with van der Waals surface area (Å²) in [6.45, 7) is 6.56. The number of hydrogen-bond donors (Lipinski definition) is 0. The van der Waals surface area contributed by atoms with E-state index in [9.17, 15) is 4.79 Å². The van der Waals surface area contributed by atoms with Crippen molar-refractivity contribution in [2.45, 2.75) is 43.7 Å². The molecule has 1 saturated carbocycles. The van der Waals surface area contributed by atoms with Crippen LogP contribution in [0.1, 0.15) is 27.2 Å². The Balaban J connectivity index is 1.94. The molecular formula is C10H16BrNO2. The molecule has 0 spiro atoms. The van der Waals surface area contributed by atoms with Crippen LogP contribution in [0.15, 0.2) is 0 Å². The van der Waals surface area contributed by atoms with E-state index in [0.29, 0.717) is 16.8 Å². The van der Waals surface area contributed by atoms with Crippen LogP contribution in [-0.2, 0) is 4.74 Å². The van der Waals surface area contributed by atoms with Gasteiger partial charge in [0.2, 0.25) is 0 Å². The van der Waals surface area contributed by atoms with Gasteiger partial charge >= 0.3 is 6.09 Å². The van der Waals surface area contributed by atoms with Gasteiger partial charge in [-0.2, -0.15) is 0 Å². The second-order valence-corrected chi connectivity index (χ2v) is 6.20. The Morgan fingerprint density at radius 2 is 2.14 bits per heavy atom. The standard InChI is InChI=1S/C10H16BrNO2/c1-10(2,3)14-9(13)12-5-6-4-7(12)8(6)11/h6-8H,4-5H2,1-3H3/t6-,7-,8-/m1/s1. The van der Waals surface area contributed by atoms with Gasteiger partial charge in [-0.25, -0.2) is 4.79 Å². The molecule has 3 fully saturated rings. The van der Waals surface area contributed by atoms with Gasteiger partial charge in [0.25, 0.3) is 0 Å². The maximum Gasteiger partial charge on any atom is 0.410 e. The van der Waals surface area contributed by atoms with Crippen molar-refractivity contribution < 1.29 is 9.53 Å². The normalized spacial score (nSPS) is 35.4. The van der Waals surface area contributed by atoms with Gasteiger partial charge in [0.1, 0.15) is 5.60 Å². The summed E-state index contributed by atoms with van der Waals surface area (Å²) in [5, 5.41) is 0. The van der Waals surface area contributed by atoms with E-state index in [1.807, 2.05) is 25.7 Å². The third kappa shape index (κ3) is 1.64. The molecule has 0 aromatic heterocycles. The first kappa shape index (κ1) is 10.3. The van der Waals surface area contributed by atoms with Crippen molar-refractivity contribution in [2.24, 2.45) is 5.92 Å². The predicted octanol–water partition coefficient (Wildman–Crippen LogP) is 2.39. The van der Waals surface area contributed by atoms with Crippen LogP contribution in [0, 0.1) is 5.92 Å². The summed E-state index contributed by atoms with van der Waals surface area (Å²) in [7, 11) is 0. The number of amides is 1. The predicted molar refractivity (Wildman–Crippen MR) is 57.6 cm³/mol. The van der Waals surface area contributed by atoms with Crippen molar-refractivity contribution >= 4 is 22.0 Å². The molecule has 1 aliphatic carbocycles. The van der Waals surface area contributed by atoms with Gasteiger partial charge in [0.05, 0.1) is 0 Å². The number of ether oxygens (including phenoxy) is 1. The van der Waals surface area contributed by atoms with Gasteiger partial charge in [0, 0.05) is 17.4 Å². The highest BCUT2D eigenvalue weighted by Crippen LogP contribution is 2.45. The highest BCUT2D eigenvalue weighted by molar-refractivity contribution is 9.09. The van der Waals surface area contributed by atoms with Crippen LogP contribution >= 0.6 is 15.9 Å². The molecule has 2 bridgehead atoms. The van der Waals surface area contributed by atoms with Crippen molar-refractivity contribution in [1.29, 1.82) is 0 Å². The number of halogens is 1. The molecule has 4 heteroatoms. The van der Waals surface area contributed by atoms with Crippen LogP contribution in [0.3, 0.4) is 0 Å². The lowest BCUT2D eigenvalue weighted by molar-refractivity contribution is 0.0251. The van der Waals surface area contributed by atoms with E-state index >= 15 is 0 Å². The molecule has 0 aromatic carbocycles. The number of carbonyl (C=O) groups is 1. The first-order chi connectivity index (χ1) is 6.38. The fraction of sp³-hybridized carbons (Fsp3) is 0.900. The van der Waals surface area contributed by atoms with Crippen molar-refractivity contribution in [2.75, 3.05) is 6.54 Å². The third-order valence-electron chi connectivity index (χ3n) is 2.82. The number of alkyl halides is 1. The molecule has 1 amide bonds. The average molecular weight is 262 g/mol. The molecule has 3 atom stereocenters. The second-order valence-electron chi connectivity index (χ2n) is 5.14. The smallest absolute Gasteiger partial charge is 0.410 e. The maximum atomic E-state index is 11.7. The van der Waals surface area contributed by atoms with Gasteiger partial charge in [-0.15, -0.1) is 0 Å². The number of carbonyl (C=O) groups excluding carboxylic acids is 1. The first-order valence-corrected chi connectivity index (χ1v) is 5.94. The minimum absolute atomic E-state index is 0.160. The second kappa shape index (κ2) is 3.12. The summed E-state index contributed by atoms with van der Waals surface area (Å²) in [5.41, 5.74) is -0.383. The molecule has 14 heavy (non-hydrogen) atoms. The number of hydrogen-bond acceptors (Lipinski definition) is 2. The molecule has 0 unspecified atom stereocenters. The Morgan fingerprint density at radius 3 is 2.50 bits per heavy atom. The lowest BCUT2D eigenvalue weighted by Gasteiger charge is -2.32. The first-order valence-electron chi connectivity index (χ1n) is 5.02. The fourth-order valence-corrected chi connectivity index (χ4v) is 2.97. The zero-order chi connectivity index (χ0) is 10.5. The van der Waals surface area contributed by atoms with Crippen molar-refractivity contribution in [3.05, 3.63) is 0 Å². The highest BCUT2D eigenvalue weighted by atomic mass is 79.9. The Hall–Kier alpha value is -0.250. The zero-order valence-corrected chi connectivity index (χ0v) is 10.4. The molecule has 0 radical (unpaired) electrons. The van der Waals surface area contributed by atoms with Gasteiger partial charge in [-0.05, 0) is 33.1 Å². The Bertz CT molecular complexity index is 261. The molecule has 3 rings (SSSR count). The van der Waals surface area contributed by atoms with Gasteiger partial charge in [-0.3, -0.25) is 0 Å². The summed E-state index contributed by atoms with van der Waals surface area (Å²) in [6, 6.07) is 0.370. The van der Waals surface area contributed by atoms with Crippen molar-refractivity contribution in [3.63, 3.8) is 0 Å². The minimum Gasteiger partial charge on any atom is -0.444 e. The molecule has 0 aromatic rings. The number of fused-ring (bicyclic) bond motifs is 1. The maximum absolute atomic E-state index is 11.7. The highest BCUT2D eigenvalue weighted by Gasteiger charge is 2.53. The monoisotopic (exact) mass is 261 g/mol. The summed E-state index contributed by atoms with van der Waals surface area (Å²) < 4.78 is 5.33. The molecule has 2 heterocycles. The molecule has 0 N–H and O–H groups in total. The fourth-order valence-electron chi connectivity index (χ4n) is 2.08. The van der Waals surface area contributed by atoms with Crippen LogP contribution in [0.25, 0.3) is 0 Å². The Labute approximate surface area is 92.9 Å². The molecule has 2 saturated heterocycles. The van der Waals surface area contributed by atoms with Crippen LogP contribution < -0.4 is 0 Å². The summed E-state index contributed by atoms with van der Waals surface area (Å²) in [4.78, 5) is 14.1. The van der Waals surface area contributed by atoms with Gasteiger partial charge in [-0.1, -0.05) is 15.9 Å². The Kier molecular flexibility index (Phi) is 2.29. The van der Waals surface area contributed by atoms with Crippen LogP contribution in [0.5, 0.6) is 0 Å². The summed E-state index contributed by atoms with van der Waals surface area (Å²) >= 11 is 3.59. The van der Waals surface area contributed by atoms with E-state index < -0.39 is 0 Å². The number of nitrogens with zero attached hydrogens (tertiary/aromatic N) is 1. The summed E-state index contributed by atoms with van der Waals surface area (Å²) in [5.74, 6) is 0.646.